The second-order valence-corrected chi connectivity index (χ2v) is 12.6. The molecule has 1 aliphatic carbocycles. The maximum atomic E-state index is 13.7. The number of piperidine rings is 1. The fraction of sp³-hybridized carbons (Fsp3) is 0.485. The Labute approximate surface area is 236 Å². The first-order valence-electron chi connectivity index (χ1n) is 15.0. The number of aromatic amines is 1. The summed E-state index contributed by atoms with van der Waals surface area (Å²) in [5.74, 6) is 2.16. The highest BCUT2D eigenvalue weighted by molar-refractivity contribution is 6.07. The van der Waals surface area contributed by atoms with Crippen LogP contribution < -0.4 is 0 Å². The van der Waals surface area contributed by atoms with Crippen molar-refractivity contribution < 1.29 is 9.59 Å². The minimum Gasteiger partial charge on any atom is -0.361 e. The van der Waals surface area contributed by atoms with E-state index in [1.807, 2.05) is 11.1 Å². The lowest BCUT2D eigenvalue weighted by molar-refractivity contribution is -0.139. The first-order chi connectivity index (χ1) is 19.4. The largest absolute Gasteiger partial charge is 0.361 e. The Morgan fingerprint density at radius 2 is 1.70 bits per heavy atom. The molecule has 1 amide bonds. The Bertz CT molecular complexity index is 1450. The highest BCUT2D eigenvalue weighted by Gasteiger charge is 2.47. The lowest BCUT2D eigenvalue weighted by Crippen LogP contribution is -2.60. The van der Waals surface area contributed by atoms with Crippen LogP contribution >= 0.6 is 0 Å². The maximum absolute atomic E-state index is 13.7. The third kappa shape index (κ3) is 4.64. The highest BCUT2D eigenvalue weighted by Crippen LogP contribution is 2.36. The smallest absolute Gasteiger partial charge is 0.225 e. The fourth-order valence-electron chi connectivity index (χ4n) is 6.74. The summed E-state index contributed by atoms with van der Waals surface area (Å²) in [5, 5.41) is 1.20. The molecular formula is C33H39N5O2. The Morgan fingerprint density at radius 1 is 1.00 bits per heavy atom. The Kier molecular flexibility index (Phi) is 6.30. The van der Waals surface area contributed by atoms with Crippen molar-refractivity contribution >= 4 is 28.4 Å². The molecule has 208 valence electrons. The monoisotopic (exact) mass is 537 g/mol. The third-order valence-electron chi connectivity index (χ3n) is 9.53. The van der Waals surface area contributed by atoms with Gasteiger partial charge in [-0.15, -0.1) is 0 Å². The van der Waals surface area contributed by atoms with Gasteiger partial charge in [0.1, 0.15) is 11.4 Å². The van der Waals surface area contributed by atoms with Crippen LogP contribution in [-0.2, 0) is 9.59 Å². The van der Waals surface area contributed by atoms with Crippen molar-refractivity contribution in [3.63, 3.8) is 0 Å². The molecule has 7 nitrogen and oxygen atoms in total. The summed E-state index contributed by atoms with van der Waals surface area (Å²) in [6.07, 6.45) is 5.62. The van der Waals surface area contributed by atoms with Crippen LogP contribution in [0, 0.1) is 11.8 Å². The summed E-state index contributed by atoms with van der Waals surface area (Å²) in [7, 11) is 0. The number of hydrogen-bond donors (Lipinski definition) is 1. The second-order valence-electron chi connectivity index (χ2n) is 12.6. The summed E-state index contributed by atoms with van der Waals surface area (Å²) in [6.45, 7) is 9.01. The summed E-state index contributed by atoms with van der Waals surface area (Å²) < 4.78 is 0. The van der Waals surface area contributed by atoms with E-state index in [1.54, 1.807) is 0 Å². The van der Waals surface area contributed by atoms with Crippen LogP contribution in [0.4, 0.5) is 0 Å². The number of benzene rings is 2. The van der Waals surface area contributed by atoms with Crippen LogP contribution in [0.3, 0.4) is 0 Å². The zero-order chi connectivity index (χ0) is 27.4. The molecule has 1 saturated carbocycles. The number of carbonyl (C=O) groups excluding carboxylic acids is 2. The standard InChI is InChI=1S/C33H39N5O2/c1-22(2)36-15-12-33(13-16-36)30(39)21-37(18-23-19-38(20-23)32(40)26-7-8-26)31(35-33)25-5-3-24(4-6-25)27-9-10-29-28(17-27)11-14-34-29/h3-6,9-11,14,17,22-23,26,34H,7-8,12-13,15-16,18-21H2,1-2H3. The number of likely N-dealkylation sites (tertiary alicyclic amines) is 2. The van der Waals surface area contributed by atoms with Gasteiger partial charge in [0, 0.05) is 67.9 Å². The molecule has 2 aromatic carbocycles. The van der Waals surface area contributed by atoms with E-state index in [9.17, 15) is 9.59 Å². The molecule has 3 aliphatic heterocycles. The van der Waals surface area contributed by atoms with Gasteiger partial charge >= 0.3 is 0 Å². The molecule has 4 heterocycles. The summed E-state index contributed by atoms with van der Waals surface area (Å²) in [6, 6.07) is 17.8. The van der Waals surface area contributed by atoms with Crippen LogP contribution in [0.15, 0.2) is 59.7 Å². The van der Waals surface area contributed by atoms with Gasteiger partial charge in [-0.1, -0.05) is 30.3 Å². The molecule has 3 fully saturated rings. The lowest BCUT2D eigenvalue weighted by Gasteiger charge is -2.47. The molecule has 40 heavy (non-hydrogen) atoms. The van der Waals surface area contributed by atoms with Crippen LogP contribution in [0.25, 0.3) is 22.0 Å². The van der Waals surface area contributed by atoms with Gasteiger partial charge in [-0.25, -0.2) is 0 Å². The van der Waals surface area contributed by atoms with Crippen LogP contribution in [0.1, 0.15) is 45.1 Å². The first kappa shape index (κ1) is 25.5. The molecule has 1 N–H and O–H groups in total. The minimum atomic E-state index is -0.622. The predicted molar refractivity (Wildman–Crippen MR) is 158 cm³/mol. The van der Waals surface area contributed by atoms with Gasteiger partial charge in [0.05, 0.1) is 6.54 Å². The van der Waals surface area contributed by atoms with Crippen LogP contribution in [-0.4, -0.2) is 88.1 Å². The van der Waals surface area contributed by atoms with Crippen LogP contribution in [0.2, 0.25) is 0 Å². The number of nitrogens with one attached hydrogen (secondary N) is 1. The van der Waals surface area contributed by atoms with Gasteiger partial charge in [-0.05, 0) is 74.2 Å². The van der Waals surface area contributed by atoms with Crippen molar-refractivity contribution in [1.29, 1.82) is 0 Å². The zero-order valence-corrected chi connectivity index (χ0v) is 23.6. The van der Waals surface area contributed by atoms with Crippen molar-refractivity contribution in [2.24, 2.45) is 16.8 Å². The molecule has 0 bridgehead atoms. The van der Waals surface area contributed by atoms with Crippen molar-refractivity contribution in [2.45, 2.75) is 51.1 Å². The van der Waals surface area contributed by atoms with Gasteiger partial charge < -0.3 is 19.7 Å². The first-order valence-corrected chi connectivity index (χ1v) is 15.0. The number of carbonyl (C=O) groups is 2. The number of hydrogen-bond acceptors (Lipinski definition) is 5. The van der Waals surface area contributed by atoms with Gasteiger partial charge in [-0.3, -0.25) is 14.6 Å². The van der Waals surface area contributed by atoms with E-state index < -0.39 is 5.54 Å². The minimum absolute atomic E-state index is 0.251. The number of nitrogens with zero attached hydrogens (tertiary/aromatic N) is 4. The van der Waals surface area contributed by atoms with Gasteiger partial charge in [0.25, 0.3) is 0 Å². The topological polar surface area (TPSA) is 72.0 Å². The number of amidine groups is 1. The molecule has 7 rings (SSSR count). The quantitative estimate of drug-likeness (QED) is 0.500. The Balaban J connectivity index is 1.15. The molecule has 3 aromatic rings. The van der Waals surface area contributed by atoms with E-state index >= 15 is 0 Å². The van der Waals surface area contributed by atoms with E-state index in [0.29, 0.717) is 24.4 Å². The molecular weight excluding hydrogens is 498 g/mol. The number of ketones is 1. The number of fused-ring (bicyclic) bond motifs is 1. The second kappa shape index (κ2) is 9.88. The predicted octanol–water partition coefficient (Wildman–Crippen LogP) is 4.58. The normalized spacial score (nSPS) is 21.8. The van der Waals surface area contributed by atoms with E-state index in [0.717, 1.165) is 75.3 Å². The molecule has 2 saturated heterocycles. The molecule has 1 aromatic heterocycles. The molecule has 1 spiro atoms. The van der Waals surface area contributed by atoms with Gasteiger partial charge in [0.2, 0.25) is 5.91 Å². The van der Waals surface area contributed by atoms with Crippen molar-refractivity contribution in [3.05, 3.63) is 60.3 Å². The van der Waals surface area contributed by atoms with Crippen LogP contribution in [0.5, 0.6) is 0 Å². The number of Topliss-reactive ketones (excluding diaryl/α,β-unsaturated/α-hetero) is 1. The number of aliphatic imine (C=N–C) groups is 1. The number of aromatic nitrogens is 1. The third-order valence-corrected chi connectivity index (χ3v) is 9.53. The lowest BCUT2D eigenvalue weighted by atomic mass is 9.81. The highest BCUT2D eigenvalue weighted by atomic mass is 16.2. The molecule has 0 unspecified atom stereocenters. The zero-order valence-electron chi connectivity index (χ0n) is 23.6. The molecule has 0 radical (unpaired) electrons. The fourth-order valence-corrected chi connectivity index (χ4v) is 6.74. The average molecular weight is 538 g/mol. The van der Waals surface area contributed by atoms with Crippen molar-refractivity contribution in [2.75, 3.05) is 39.3 Å². The van der Waals surface area contributed by atoms with Gasteiger partial charge in [-0.2, -0.15) is 0 Å². The van der Waals surface area contributed by atoms with E-state index in [1.165, 1.54) is 16.5 Å². The number of amides is 1. The van der Waals surface area contributed by atoms with Crippen molar-refractivity contribution in [1.82, 2.24) is 19.7 Å². The van der Waals surface area contributed by atoms with Gasteiger partial charge in [0.15, 0.2) is 5.78 Å². The number of rotatable bonds is 6. The average Bonchev–Trinajstić information content (AvgIpc) is 3.69. The Hall–Kier alpha value is -3.45. The molecule has 0 atom stereocenters. The SMILES string of the molecule is CC(C)N1CCC2(CC1)N=C(c1ccc(-c3ccc4[nH]ccc4c3)cc1)N(CC1CN(C(=O)C3CC3)C1)CC2=O. The molecule has 7 heteroatoms. The number of H-pyrrole nitrogens is 1. The van der Waals surface area contributed by atoms with E-state index in [-0.39, 0.29) is 11.7 Å². The Morgan fingerprint density at radius 3 is 2.40 bits per heavy atom. The summed E-state index contributed by atoms with van der Waals surface area (Å²) >= 11 is 0. The summed E-state index contributed by atoms with van der Waals surface area (Å²) in [4.78, 5) is 41.4. The molecule has 4 aliphatic rings. The van der Waals surface area contributed by atoms with E-state index in [4.69, 9.17) is 4.99 Å². The van der Waals surface area contributed by atoms with E-state index in [2.05, 4.69) is 77.2 Å². The maximum Gasteiger partial charge on any atom is 0.225 e. The van der Waals surface area contributed by atoms with Crippen molar-refractivity contribution in [3.8, 4) is 11.1 Å². The summed E-state index contributed by atoms with van der Waals surface area (Å²) in [5.41, 5.74) is 3.93.